The Morgan fingerprint density at radius 1 is 1.27 bits per heavy atom. The Balaban J connectivity index is 2.47. The maximum Gasteiger partial charge on any atom is 0.325 e. The first-order valence-corrected chi connectivity index (χ1v) is 4.84. The van der Waals surface area contributed by atoms with Crippen molar-refractivity contribution in [1.29, 1.82) is 0 Å². The van der Waals surface area contributed by atoms with Crippen LogP contribution in [-0.2, 0) is 4.79 Å². The third-order valence-corrected chi connectivity index (χ3v) is 1.83. The number of imide groups is 1. The van der Waals surface area contributed by atoms with Gasteiger partial charge in [0.05, 0.1) is 0 Å². The molecule has 0 saturated carbocycles. The number of rotatable bonds is 2. The van der Waals surface area contributed by atoms with Gasteiger partial charge in [-0.15, -0.1) is 11.6 Å². The van der Waals surface area contributed by atoms with Crippen LogP contribution in [0.3, 0.4) is 0 Å². The Morgan fingerprint density at radius 2 is 1.87 bits per heavy atom. The minimum absolute atomic E-state index is 0.523. The molecule has 0 aliphatic rings. The van der Waals surface area contributed by atoms with Gasteiger partial charge in [0.25, 0.3) is 0 Å². The van der Waals surface area contributed by atoms with Gasteiger partial charge >= 0.3 is 6.03 Å². The molecule has 2 N–H and O–H groups in total. The molecule has 1 rings (SSSR count). The minimum atomic E-state index is -0.730. The molecule has 4 nitrogen and oxygen atoms in total. The summed E-state index contributed by atoms with van der Waals surface area (Å²) in [5.74, 6) is -0.523. The molecule has 3 amide bonds. The Bertz CT molecular complexity index is 352. The normalized spacial score (nSPS) is 11.6. The number of hydrogen-bond donors (Lipinski definition) is 2. The molecule has 0 fully saturated rings. The average molecular weight is 227 g/mol. The highest BCUT2D eigenvalue weighted by molar-refractivity contribution is 6.31. The zero-order valence-corrected chi connectivity index (χ0v) is 8.91. The van der Waals surface area contributed by atoms with Crippen molar-refractivity contribution in [3.8, 4) is 0 Å². The van der Waals surface area contributed by atoms with Crippen molar-refractivity contribution in [1.82, 2.24) is 5.32 Å². The number of carbonyl (C=O) groups excluding carboxylic acids is 2. The van der Waals surface area contributed by atoms with E-state index in [0.717, 1.165) is 0 Å². The first-order valence-electron chi connectivity index (χ1n) is 4.40. The zero-order valence-electron chi connectivity index (χ0n) is 8.16. The van der Waals surface area contributed by atoms with Crippen LogP contribution >= 0.6 is 11.6 Å². The second-order valence-corrected chi connectivity index (χ2v) is 3.58. The molecule has 5 heteroatoms. The van der Waals surface area contributed by atoms with Crippen molar-refractivity contribution in [2.75, 3.05) is 5.32 Å². The summed E-state index contributed by atoms with van der Waals surface area (Å²) >= 11 is 5.48. The van der Waals surface area contributed by atoms with Crippen molar-refractivity contribution >= 4 is 29.2 Å². The van der Waals surface area contributed by atoms with Gasteiger partial charge in [-0.1, -0.05) is 18.2 Å². The van der Waals surface area contributed by atoms with Crippen LogP contribution in [0.15, 0.2) is 30.3 Å². The average Bonchev–Trinajstić information content (AvgIpc) is 2.18. The van der Waals surface area contributed by atoms with E-state index in [4.69, 9.17) is 11.6 Å². The fraction of sp³-hybridized carbons (Fsp3) is 0.200. The third-order valence-electron chi connectivity index (χ3n) is 1.63. The molecule has 0 saturated heterocycles. The smallest absolute Gasteiger partial charge is 0.308 e. The number of para-hydroxylation sites is 1. The Hall–Kier alpha value is -1.55. The molecule has 80 valence electrons. The fourth-order valence-corrected chi connectivity index (χ4v) is 0.950. The van der Waals surface area contributed by atoms with E-state index in [2.05, 4.69) is 10.6 Å². The van der Waals surface area contributed by atoms with E-state index in [9.17, 15) is 9.59 Å². The molecule has 15 heavy (non-hydrogen) atoms. The molecule has 1 aromatic rings. The summed E-state index contributed by atoms with van der Waals surface area (Å²) in [6.07, 6.45) is 0. The van der Waals surface area contributed by atoms with Crippen LogP contribution in [0.25, 0.3) is 0 Å². The van der Waals surface area contributed by atoms with Gasteiger partial charge < -0.3 is 5.32 Å². The number of anilines is 1. The van der Waals surface area contributed by atoms with Crippen LogP contribution in [0.5, 0.6) is 0 Å². The van der Waals surface area contributed by atoms with E-state index in [1.165, 1.54) is 6.92 Å². The summed E-state index contributed by atoms with van der Waals surface area (Å²) in [7, 11) is 0. The van der Waals surface area contributed by atoms with Gasteiger partial charge in [-0.3, -0.25) is 10.1 Å². The van der Waals surface area contributed by atoms with Crippen molar-refractivity contribution < 1.29 is 9.59 Å². The summed E-state index contributed by atoms with van der Waals surface area (Å²) < 4.78 is 0. The van der Waals surface area contributed by atoms with Crippen LogP contribution in [-0.4, -0.2) is 17.3 Å². The Labute approximate surface area is 92.6 Å². The van der Waals surface area contributed by atoms with Crippen molar-refractivity contribution in [3.05, 3.63) is 30.3 Å². The molecule has 1 atom stereocenters. The number of benzene rings is 1. The topological polar surface area (TPSA) is 58.2 Å². The fourth-order valence-electron chi connectivity index (χ4n) is 0.895. The lowest BCUT2D eigenvalue weighted by molar-refractivity contribution is -0.119. The van der Waals surface area contributed by atoms with Gasteiger partial charge in [0, 0.05) is 5.69 Å². The van der Waals surface area contributed by atoms with E-state index < -0.39 is 17.3 Å². The number of halogens is 1. The summed E-state index contributed by atoms with van der Waals surface area (Å²) in [4.78, 5) is 22.3. The second-order valence-electron chi connectivity index (χ2n) is 2.93. The summed E-state index contributed by atoms with van der Waals surface area (Å²) in [6.45, 7) is 1.49. The molecular formula is C10H11ClN2O2. The molecule has 0 radical (unpaired) electrons. The quantitative estimate of drug-likeness (QED) is 0.758. The van der Waals surface area contributed by atoms with Crippen molar-refractivity contribution in [2.45, 2.75) is 12.3 Å². The SMILES string of the molecule is CC(Cl)C(=O)NC(=O)Nc1ccccc1. The number of nitrogens with one attached hydrogen (secondary N) is 2. The molecular weight excluding hydrogens is 216 g/mol. The summed E-state index contributed by atoms with van der Waals surface area (Å²) in [6, 6.07) is 8.24. The van der Waals surface area contributed by atoms with Crippen LogP contribution in [0.2, 0.25) is 0 Å². The van der Waals surface area contributed by atoms with Gasteiger partial charge in [-0.25, -0.2) is 4.79 Å². The van der Waals surface area contributed by atoms with Crippen LogP contribution in [0, 0.1) is 0 Å². The zero-order chi connectivity index (χ0) is 11.3. The largest absolute Gasteiger partial charge is 0.325 e. The summed E-state index contributed by atoms with van der Waals surface area (Å²) in [5, 5.41) is 3.88. The van der Waals surface area contributed by atoms with Gasteiger partial charge in [0.2, 0.25) is 5.91 Å². The Morgan fingerprint density at radius 3 is 2.40 bits per heavy atom. The first-order chi connectivity index (χ1) is 7.09. The van der Waals surface area contributed by atoms with Gasteiger partial charge in [-0.05, 0) is 19.1 Å². The molecule has 0 aromatic heterocycles. The Kier molecular flexibility index (Phi) is 4.12. The molecule has 0 heterocycles. The predicted molar refractivity (Wildman–Crippen MR) is 58.9 cm³/mol. The standard InChI is InChI=1S/C10H11ClN2O2/c1-7(11)9(14)13-10(15)12-8-5-3-2-4-6-8/h2-7H,1H3,(H2,12,13,14,15). The highest BCUT2D eigenvalue weighted by Gasteiger charge is 2.12. The lowest BCUT2D eigenvalue weighted by Gasteiger charge is -2.06. The van der Waals surface area contributed by atoms with E-state index in [1.807, 2.05) is 6.07 Å². The molecule has 0 aliphatic heterocycles. The van der Waals surface area contributed by atoms with Crippen molar-refractivity contribution in [3.63, 3.8) is 0 Å². The van der Waals surface area contributed by atoms with Gasteiger partial charge in [0.1, 0.15) is 5.38 Å². The number of hydrogen-bond acceptors (Lipinski definition) is 2. The molecule has 0 spiro atoms. The van der Waals surface area contributed by atoms with E-state index in [-0.39, 0.29) is 0 Å². The maximum absolute atomic E-state index is 11.2. The first kappa shape index (κ1) is 11.5. The predicted octanol–water partition coefficient (Wildman–Crippen LogP) is 1.96. The number of alkyl halides is 1. The molecule has 1 aromatic carbocycles. The summed E-state index contributed by atoms with van der Waals surface area (Å²) in [5.41, 5.74) is 0.616. The highest BCUT2D eigenvalue weighted by Crippen LogP contribution is 2.04. The van der Waals surface area contributed by atoms with Crippen LogP contribution < -0.4 is 10.6 Å². The highest BCUT2D eigenvalue weighted by atomic mass is 35.5. The molecule has 0 aliphatic carbocycles. The lowest BCUT2D eigenvalue weighted by Crippen LogP contribution is -2.38. The number of amides is 3. The van der Waals surface area contributed by atoms with E-state index in [0.29, 0.717) is 5.69 Å². The van der Waals surface area contributed by atoms with Crippen LogP contribution in [0.4, 0.5) is 10.5 Å². The molecule has 1 unspecified atom stereocenters. The second kappa shape index (κ2) is 5.36. The molecule has 0 bridgehead atoms. The maximum atomic E-state index is 11.2. The monoisotopic (exact) mass is 226 g/mol. The lowest BCUT2D eigenvalue weighted by atomic mass is 10.3. The van der Waals surface area contributed by atoms with Crippen molar-refractivity contribution in [2.24, 2.45) is 0 Å². The van der Waals surface area contributed by atoms with Gasteiger partial charge in [-0.2, -0.15) is 0 Å². The third kappa shape index (κ3) is 3.99. The minimum Gasteiger partial charge on any atom is -0.308 e. The van der Waals surface area contributed by atoms with Gasteiger partial charge in [0.15, 0.2) is 0 Å². The number of carbonyl (C=O) groups is 2. The van der Waals surface area contributed by atoms with Crippen LogP contribution in [0.1, 0.15) is 6.92 Å². The van der Waals surface area contributed by atoms with E-state index >= 15 is 0 Å². The van der Waals surface area contributed by atoms with E-state index in [1.54, 1.807) is 24.3 Å². The number of urea groups is 1.